The first-order valence-electron chi connectivity index (χ1n) is 8.35. The molecule has 0 saturated heterocycles. The minimum atomic E-state index is -0.810. The van der Waals surface area contributed by atoms with Gasteiger partial charge in [-0.2, -0.15) is 4.98 Å². The minimum absolute atomic E-state index is 0.0191. The summed E-state index contributed by atoms with van der Waals surface area (Å²) >= 11 is 5.96. The van der Waals surface area contributed by atoms with Gasteiger partial charge in [0, 0.05) is 17.5 Å². The van der Waals surface area contributed by atoms with Crippen LogP contribution in [0.2, 0.25) is 5.28 Å². The molecular weight excluding hydrogens is 378 g/mol. The fourth-order valence-corrected chi connectivity index (χ4v) is 2.96. The van der Waals surface area contributed by atoms with Crippen molar-refractivity contribution in [1.29, 1.82) is 0 Å². The van der Waals surface area contributed by atoms with E-state index in [2.05, 4.69) is 19.9 Å². The third-order valence-corrected chi connectivity index (χ3v) is 4.32. The first kappa shape index (κ1) is 17.7. The summed E-state index contributed by atoms with van der Waals surface area (Å²) in [7, 11) is 0. The van der Waals surface area contributed by atoms with Crippen molar-refractivity contribution in [2.24, 2.45) is 0 Å². The number of halogens is 3. The number of carbonyl (C=O) groups is 1. The highest BCUT2D eigenvalue weighted by Crippen LogP contribution is 2.41. The predicted octanol–water partition coefficient (Wildman–Crippen LogP) is 4.07. The molecule has 2 aromatic heterocycles. The fourth-order valence-electron chi connectivity index (χ4n) is 2.79. The lowest BCUT2D eigenvalue weighted by Crippen LogP contribution is -2.13. The number of rotatable bonds is 4. The van der Waals surface area contributed by atoms with Crippen molar-refractivity contribution in [2.75, 3.05) is 6.61 Å². The van der Waals surface area contributed by atoms with Crippen LogP contribution in [0.4, 0.5) is 8.78 Å². The normalized spacial score (nSPS) is 13.8. The Kier molecular flexibility index (Phi) is 4.43. The number of esters is 1. The summed E-state index contributed by atoms with van der Waals surface area (Å²) in [6.45, 7) is 1.89. The van der Waals surface area contributed by atoms with Crippen LogP contribution in [0.5, 0.6) is 0 Å². The van der Waals surface area contributed by atoms with Crippen molar-refractivity contribution < 1.29 is 18.3 Å². The van der Waals surface area contributed by atoms with E-state index in [1.807, 2.05) is 0 Å². The van der Waals surface area contributed by atoms with Gasteiger partial charge in [-0.3, -0.25) is 0 Å². The molecule has 1 aliphatic rings. The molecule has 138 valence electrons. The van der Waals surface area contributed by atoms with E-state index < -0.39 is 17.6 Å². The Morgan fingerprint density at radius 1 is 1.22 bits per heavy atom. The largest absolute Gasteiger partial charge is 0.461 e. The zero-order valence-corrected chi connectivity index (χ0v) is 14.9. The maximum Gasteiger partial charge on any atom is 0.358 e. The SMILES string of the molecule is CCOC(=O)c1nc2nc(Cl)nc(-c3ccc(F)cc3F)c2nc1C1CC1. The highest BCUT2D eigenvalue weighted by molar-refractivity contribution is 6.28. The second-order valence-electron chi connectivity index (χ2n) is 6.09. The van der Waals surface area contributed by atoms with Crippen molar-refractivity contribution in [3.63, 3.8) is 0 Å². The van der Waals surface area contributed by atoms with Gasteiger partial charge >= 0.3 is 5.97 Å². The molecule has 0 N–H and O–H groups in total. The lowest BCUT2D eigenvalue weighted by atomic mass is 10.1. The Balaban J connectivity index is 1.98. The molecular formula is C18H13ClF2N4O2. The number of carbonyl (C=O) groups excluding carboxylic acids is 1. The van der Waals surface area contributed by atoms with Gasteiger partial charge in [0.1, 0.15) is 22.8 Å². The van der Waals surface area contributed by atoms with Crippen LogP contribution in [0.15, 0.2) is 18.2 Å². The molecule has 0 amide bonds. The van der Waals surface area contributed by atoms with Gasteiger partial charge in [0.2, 0.25) is 5.28 Å². The lowest BCUT2D eigenvalue weighted by Gasteiger charge is -2.11. The van der Waals surface area contributed by atoms with Gasteiger partial charge in [-0.1, -0.05) is 0 Å². The molecule has 6 nitrogen and oxygen atoms in total. The Labute approximate surface area is 157 Å². The molecule has 9 heteroatoms. The van der Waals surface area contributed by atoms with E-state index in [1.165, 1.54) is 6.07 Å². The molecule has 1 saturated carbocycles. The van der Waals surface area contributed by atoms with E-state index in [1.54, 1.807) is 6.92 Å². The third-order valence-electron chi connectivity index (χ3n) is 4.15. The van der Waals surface area contributed by atoms with Gasteiger partial charge in [-0.25, -0.2) is 28.5 Å². The number of hydrogen-bond acceptors (Lipinski definition) is 6. The average Bonchev–Trinajstić information content (AvgIpc) is 3.45. The molecule has 27 heavy (non-hydrogen) atoms. The first-order valence-corrected chi connectivity index (χ1v) is 8.73. The van der Waals surface area contributed by atoms with Crippen molar-refractivity contribution in [3.8, 4) is 11.3 Å². The monoisotopic (exact) mass is 390 g/mol. The molecule has 1 fully saturated rings. The van der Waals surface area contributed by atoms with Crippen LogP contribution in [0.25, 0.3) is 22.4 Å². The van der Waals surface area contributed by atoms with Crippen LogP contribution in [-0.4, -0.2) is 32.5 Å². The standard InChI is InChI=1S/C18H13ClF2N4O2/c1-2-27-17(26)15-12(8-3-4-8)22-14-13(24-18(19)25-16(14)23-15)10-6-5-9(20)7-11(10)21/h5-8H,2-4H2,1H3. The molecule has 0 unspecified atom stereocenters. The van der Waals surface area contributed by atoms with Crippen LogP contribution < -0.4 is 0 Å². The molecule has 1 aliphatic carbocycles. The van der Waals surface area contributed by atoms with E-state index in [0.717, 1.165) is 25.0 Å². The van der Waals surface area contributed by atoms with E-state index in [4.69, 9.17) is 16.3 Å². The maximum absolute atomic E-state index is 14.3. The average molecular weight is 391 g/mol. The second kappa shape index (κ2) is 6.77. The van der Waals surface area contributed by atoms with Gasteiger partial charge in [0.15, 0.2) is 11.3 Å². The molecule has 1 aromatic carbocycles. The molecule has 2 heterocycles. The molecule has 0 atom stereocenters. The highest BCUT2D eigenvalue weighted by atomic mass is 35.5. The van der Waals surface area contributed by atoms with E-state index in [9.17, 15) is 13.6 Å². The van der Waals surface area contributed by atoms with Crippen molar-refractivity contribution in [1.82, 2.24) is 19.9 Å². The number of aromatic nitrogens is 4. The Morgan fingerprint density at radius 2 is 2.00 bits per heavy atom. The third kappa shape index (κ3) is 3.32. The summed E-state index contributed by atoms with van der Waals surface area (Å²) in [5, 5.41) is -0.190. The lowest BCUT2D eigenvalue weighted by molar-refractivity contribution is 0.0517. The van der Waals surface area contributed by atoms with Gasteiger partial charge < -0.3 is 4.74 Å². The molecule has 0 bridgehead atoms. The molecule has 3 aromatic rings. The topological polar surface area (TPSA) is 77.9 Å². The second-order valence-corrected chi connectivity index (χ2v) is 6.43. The zero-order valence-electron chi connectivity index (χ0n) is 14.2. The summed E-state index contributed by atoms with van der Waals surface area (Å²) in [6.07, 6.45) is 1.72. The van der Waals surface area contributed by atoms with Crippen molar-refractivity contribution in [2.45, 2.75) is 25.7 Å². The van der Waals surface area contributed by atoms with Crippen molar-refractivity contribution >= 4 is 28.7 Å². The van der Waals surface area contributed by atoms with E-state index in [-0.39, 0.29) is 45.9 Å². The number of nitrogens with zero attached hydrogens (tertiary/aromatic N) is 4. The summed E-state index contributed by atoms with van der Waals surface area (Å²) in [4.78, 5) is 29.1. The maximum atomic E-state index is 14.3. The molecule has 0 aliphatic heterocycles. The molecule has 0 spiro atoms. The number of ether oxygens (including phenoxy) is 1. The Hall–Kier alpha value is -2.74. The number of benzene rings is 1. The smallest absolute Gasteiger partial charge is 0.358 e. The van der Waals surface area contributed by atoms with Crippen LogP contribution in [-0.2, 0) is 4.74 Å². The van der Waals surface area contributed by atoms with Crippen LogP contribution in [0, 0.1) is 11.6 Å². The first-order chi connectivity index (χ1) is 13.0. The van der Waals surface area contributed by atoms with Gasteiger partial charge in [0.25, 0.3) is 0 Å². The van der Waals surface area contributed by atoms with Crippen LogP contribution in [0.1, 0.15) is 41.9 Å². The summed E-state index contributed by atoms with van der Waals surface area (Å²) < 4.78 is 32.6. The number of hydrogen-bond donors (Lipinski definition) is 0. The van der Waals surface area contributed by atoms with Crippen LogP contribution >= 0.6 is 11.6 Å². The van der Waals surface area contributed by atoms with E-state index in [0.29, 0.717) is 5.69 Å². The summed E-state index contributed by atoms with van der Waals surface area (Å²) in [5.41, 5.74) is 0.891. The minimum Gasteiger partial charge on any atom is -0.461 e. The van der Waals surface area contributed by atoms with E-state index >= 15 is 0 Å². The quantitative estimate of drug-likeness (QED) is 0.493. The summed E-state index contributed by atoms with van der Waals surface area (Å²) in [6, 6.07) is 3.11. The predicted molar refractivity (Wildman–Crippen MR) is 93.4 cm³/mol. The number of fused-ring (bicyclic) bond motifs is 1. The van der Waals surface area contributed by atoms with Gasteiger partial charge in [-0.15, -0.1) is 0 Å². The highest BCUT2D eigenvalue weighted by Gasteiger charge is 2.33. The Bertz CT molecular complexity index is 1070. The fraction of sp³-hybridized carbons (Fsp3) is 0.278. The Morgan fingerprint density at radius 3 is 2.67 bits per heavy atom. The molecule has 4 rings (SSSR count). The summed E-state index contributed by atoms with van der Waals surface area (Å²) in [5.74, 6) is -2.05. The van der Waals surface area contributed by atoms with Crippen molar-refractivity contribution in [3.05, 3.63) is 46.5 Å². The zero-order chi connectivity index (χ0) is 19.1. The van der Waals surface area contributed by atoms with Crippen LogP contribution in [0.3, 0.4) is 0 Å². The molecule has 0 radical (unpaired) electrons. The van der Waals surface area contributed by atoms with Gasteiger partial charge in [0.05, 0.1) is 12.3 Å². The van der Waals surface area contributed by atoms with Gasteiger partial charge in [-0.05, 0) is 43.5 Å².